The molecule has 1 aromatic heterocycles. The summed E-state index contributed by atoms with van der Waals surface area (Å²) in [5, 5.41) is 17.1. The van der Waals surface area contributed by atoms with Crippen LogP contribution >= 0.6 is 0 Å². The molecule has 0 radical (unpaired) electrons. The predicted octanol–water partition coefficient (Wildman–Crippen LogP) is 6.25. The minimum atomic E-state index is -0.633. The van der Waals surface area contributed by atoms with Crippen molar-refractivity contribution in [3.63, 3.8) is 0 Å². The summed E-state index contributed by atoms with van der Waals surface area (Å²) in [6.07, 6.45) is 4.18. The molecule has 0 aliphatic carbocycles. The molecule has 64 heavy (non-hydrogen) atoms. The van der Waals surface area contributed by atoms with Crippen LogP contribution in [0.15, 0.2) is 78.9 Å². The lowest BCUT2D eigenvalue weighted by atomic mass is 9.89. The third-order valence-corrected chi connectivity index (χ3v) is 12.9. The van der Waals surface area contributed by atoms with Gasteiger partial charge < -0.3 is 30.1 Å². The Bertz CT molecular complexity index is 2490. The summed E-state index contributed by atoms with van der Waals surface area (Å²) in [4.78, 5) is 59.3. The van der Waals surface area contributed by atoms with E-state index in [1.54, 1.807) is 4.90 Å². The molecule has 5 heterocycles. The number of anilines is 3. The fourth-order valence-electron chi connectivity index (χ4n) is 9.29. The molecule has 14 nitrogen and oxygen atoms in total. The van der Waals surface area contributed by atoms with Gasteiger partial charge >= 0.3 is 6.03 Å². The van der Waals surface area contributed by atoms with Crippen LogP contribution in [-0.2, 0) is 27.3 Å². The number of amides is 5. The molecule has 0 unspecified atom stereocenters. The molecular formula is C48H53F2N9O5. The zero-order valence-corrected chi connectivity index (χ0v) is 35.7. The lowest BCUT2D eigenvalue weighted by Crippen LogP contribution is -2.52. The number of carbonyl (C=O) groups is 4. The van der Waals surface area contributed by atoms with E-state index in [1.165, 1.54) is 17.7 Å². The monoisotopic (exact) mass is 873 g/mol. The second-order valence-corrected chi connectivity index (χ2v) is 17.3. The number of piperazine rings is 1. The number of ether oxygens (including phenoxy) is 1. The maximum atomic E-state index is 14.0. The van der Waals surface area contributed by atoms with Crippen LogP contribution < -0.4 is 20.9 Å². The molecule has 0 saturated carbocycles. The van der Waals surface area contributed by atoms with Crippen molar-refractivity contribution >= 4 is 51.8 Å². The summed E-state index contributed by atoms with van der Waals surface area (Å²) >= 11 is 0. The van der Waals surface area contributed by atoms with Crippen molar-refractivity contribution in [3.05, 3.63) is 118 Å². The van der Waals surface area contributed by atoms with Crippen molar-refractivity contribution in [1.82, 2.24) is 30.2 Å². The number of piperidine rings is 1. The normalized spacial score (nSPS) is 18.1. The van der Waals surface area contributed by atoms with E-state index in [2.05, 4.69) is 60.2 Å². The highest BCUT2D eigenvalue weighted by molar-refractivity contribution is 6.11. The number of hydrogen-bond donors (Lipinski definition) is 4. The zero-order chi connectivity index (χ0) is 44.2. The zero-order valence-electron chi connectivity index (χ0n) is 35.7. The van der Waals surface area contributed by atoms with Crippen LogP contribution in [0.2, 0.25) is 0 Å². The van der Waals surface area contributed by atoms with Gasteiger partial charge in [0.2, 0.25) is 11.8 Å². The van der Waals surface area contributed by atoms with Crippen LogP contribution in [0.5, 0.6) is 0 Å². The van der Waals surface area contributed by atoms with E-state index < -0.39 is 11.6 Å². The predicted molar refractivity (Wildman–Crippen MR) is 239 cm³/mol. The standard InChI is InChI=1S/C48H53F2N9O5/c49-36-24-33(25-37(50)27-36)23-32-3-8-42-41(26-32)46(55-54-42)53-47(62)40-7-6-39(28-43(40)51-38-12-21-64-22-13-38)57-17-19-58(20-18-57)45(61)30-56-14-9-35(10-15-56)34-4-1-31(2-5-34)29-59-16-11-44(60)52-48(59)63/h1-8,24-28,35,38,51H,9-23,29-30H2,(H,52,60,63)(H2,53,54,55,62). The van der Waals surface area contributed by atoms with E-state index in [0.29, 0.717) is 111 Å². The Labute approximate surface area is 370 Å². The minimum absolute atomic E-state index is 0.132. The second-order valence-electron chi connectivity index (χ2n) is 17.3. The van der Waals surface area contributed by atoms with Crippen molar-refractivity contribution in [1.29, 1.82) is 0 Å². The lowest BCUT2D eigenvalue weighted by Gasteiger charge is -2.38. The van der Waals surface area contributed by atoms with Crippen molar-refractivity contribution in [2.75, 3.05) is 81.1 Å². The first-order valence-corrected chi connectivity index (χ1v) is 22.2. The molecule has 4 fully saturated rings. The number of fused-ring (bicyclic) bond motifs is 1. The molecule has 4 aromatic carbocycles. The number of halogens is 2. The third kappa shape index (κ3) is 10.2. The maximum Gasteiger partial charge on any atom is 0.324 e. The fraction of sp³-hybridized carbons (Fsp3) is 0.396. The van der Waals surface area contributed by atoms with Gasteiger partial charge in [-0.05, 0) is 116 Å². The van der Waals surface area contributed by atoms with Crippen molar-refractivity contribution in [2.45, 2.75) is 57.0 Å². The topological polar surface area (TPSA) is 155 Å². The highest BCUT2D eigenvalue weighted by Gasteiger charge is 2.28. The summed E-state index contributed by atoms with van der Waals surface area (Å²) < 4.78 is 33.4. The maximum absolute atomic E-state index is 14.0. The Morgan fingerprint density at radius 3 is 2.25 bits per heavy atom. The van der Waals surface area contributed by atoms with Crippen LogP contribution in [0, 0.1) is 11.6 Å². The number of hydrogen-bond acceptors (Lipinski definition) is 9. The van der Waals surface area contributed by atoms with E-state index >= 15 is 0 Å². The number of aromatic amines is 1. The molecule has 4 N–H and O–H groups in total. The van der Waals surface area contributed by atoms with E-state index in [-0.39, 0.29) is 29.8 Å². The Hall–Kier alpha value is -6.39. The molecule has 4 aliphatic rings. The van der Waals surface area contributed by atoms with Crippen molar-refractivity contribution in [2.24, 2.45) is 0 Å². The van der Waals surface area contributed by atoms with Gasteiger partial charge in [-0.25, -0.2) is 13.6 Å². The fourth-order valence-corrected chi connectivity index (χ4v) is 9.29. The molecule has 4 aliphatic heterocycles. The number of H-pyrrole nitrogens is 1. The summed E-state index contributed by atoms with van der Waals surface area (Å²) in [6, 6.07) is 23.0. The SMILES string of the molecule is O=C1CCN(Cc2ccc(C3CCN(CC(=O)N4CCN(c5ccc(C(=O)Nc6n[nH]c7ccc(Cc8cc(F)cc(F)c8)cc67)c(NC6CCOCC6)c5)CC4)CC3)cc2)C(=O)N1. The Morgan fingerprint density at radius 2 is 1.52 bits per heavy atom. The minimum Gasteiger partial charge on any atom is -0.381 e. The number of nitrogens with zero attached hydrogens (tertiary/aromatic N) is 5. The summed E-state index contributed by atoms with van der Waals surface area (Å²) in [6.45, 7) is 6.79. The second kappa shape index (κ2) is 19.2. The van der Waals surface area contributed by atoms with Gasteiger partial charge in [-0.3, -0.25) is 29.7 Å². The van der Waals surface area contributed by atoms with Gasteiger partial charge in [0.25, 0.3) is 5.91 Å². The smallest absolute Gasteiger partial charge is 0.324 e. The lowest BCUT2D eigenvalue weighted by molar-refractivity contribution is -0.133. The molecule has 334 valence electrons. The van der Waals surface area contributed by atoms with Gasteiger partial charge in [-0.1, -0.05) is 30.3 Å². The highest BCUT2D eigenvalue weighted by atomic mass is 19.1. The summed E-state index contributed by atoms with van der Waals surface area (Å²) in [7, 11) is 0. The number of urea groups is 1. The molecule has 5 aromatic rings. The van der Waals surface area contributed by atoms with Crippen LogP contribution in [0.1, 0.15) is 70.6 Å². The number of aromatic nitrogens is 2. The molecule has 0 bridgehead atoms. The number of nitrogens with one attached hydrogen (secondary N) is 4. The van der Waals surface area contributed by atoms with E-state index in [0.717, 1.165) is 61.7 Å². The Kier molecular flexibility index (Phi) is 12.8. The quantitative estimate of drug-likeness (QED) is 0.114. The van der Waals surface area contributed by atoms with Crippen LogP contribution in [0.3, 0.4) is 0 Å². The molecule has 16 heteroatoms. The first kappa shape index (κ1) is 42.9. The molecule has 0 spiro atoms. The summed E-state index contributed by atoms with van der Waals surface area (Å²) in [5.41, 5.74) is 6.46. The molecule has 9 rings (SSSR count). The average Bonchev–Trinajstić information content (AvgIpc) is 3.69. The van der Waals surface area contributed by atoms with Gasteiger partial charge in [0.15, 0.2) is 5.82 Å². The van der Waals surface area contributed by atoms with Crippen molar-refractivity contribution in [3.8, 4) is 0 Å². The van der Waals surface area contributed by atoms with Crippen molar-refractivity contribution < 1.29 is 32.7 Å². The molecule has 5 amide bonds. The van der Waals surface area contributed by atoms with Crippen LogP contribution in [-0.4, -0.2) is 120 Å². The van der Waals surface area contributed by atoms with Crippen LogP contribution in [0.25, 0.3) is 10.9 Å². The number of carbonyl (C=O) groups excluding carboxylic acids is 4. The Morgan fingerprint density at radius 1 is 0.781 bits per heavy atom. The number of benzene rings is 4. The van der Waals surface area contributed by atoms with Gasteiger partial charge in [0, 0.05) is 87.8 Å². The first-order chi connectivity index (χ1) is 31.1. The van der Waals surface area contributed by atoms with E-state index in [1.807, 2.05) is 41.3 Å². The molecule has 0 atom stereocenters. The van der Waals surface area contributed by atoms with Gasteiger partial charge in [0.05, 0.1) is 17.6 Å². The Balaban J connectivity index is 0.793. The number of likely N-dealkylation sites (tertiary alicyclic amines) is 1. The van der Waals surface area contributed by atoms with E-state index in [9.17, 15) is 28.0 Å². The highest BCUT2D eigenvalue weighted by Crippen LogP contribution is 2.31. The van der Waals surface area contributed by atoms with Gasteiger partial charge in [-0.15, -0.1) is 0 Å². The molecular weight excluding hydrogens is 821 g/mol. The van der Waals surface area contributed by atoms with Crippen LogP contribution in [0.4, 0.5) is 30.8 Å². The molecule has 4 saturated heterocycles. The number of imide groups is 1. The summed E-state index contributed by atoms with van der Waals surface area (Å²) in [5.74, 6) is -0.920. The largest absolute Gasteiger partial charge is 0.381 e. The first-order valence-electron chi connectivity index (χ1n) is 22.2. The van der Waals surface area contributed by atoms with Gasteiger partial charge in [-0.2, -0.15) is 5.10 Å². The van der Waals surface area contributed by atoms with E-state index in [4.69, 9.17) is 4.74 Å². The average molecular weight is 874 g/mol. The number of rotatable bonds is 12. The van der Waals surface area contributed by atoms with Gasteiger partial charge in [0.1, 0.15) is 11.6 Å². The third-order valence-electron chi connectivity index (χ3n) is 12.9.